The van der Waals surface area contributed by atoms with Crippen LogP contribution in [0, 0.1) is 0 Å². The van der Waals surface area contributed by atoms with Crippen LogP contribution >= 0.6 is 0 Å². The summed E-state index contributed by atoms with van der Waals surface area (Å²) in [6, 6.07) is 11.4. The van der Waals surface area contributed by atoms with E-state index >= 15 is 0 Å². The van der Waals surface area contributed by atoms with Gasteiger partial charge in [0, 0.05) is 28.2 Å². The summed E-state index contributed by atoms with van der Waals surface area (Å²) in [5.41, 5.74) is 13.6. The maximum absolute atomic E-state index is 12.1. The van der Waals surface area contributed by atoms with Crippen molar-refractivity contribution in [2.24, 2.45) is 0 Å². The second-order valence-corrected chi connectivity index (χ2v) is 4.48. The highest BCUT2D eigenvalue weighted by atomic mass is 16.1. The summed E-state index contributed by atoms with van der Waals surface area (Å²) in [6.45, 7) is 1.47. The highest BCUT2D eigenvalue weighted by Crippen LogP contribution is 2.16. The average Bonchev–Trinajstić information content (AvgIpc) is 2.37. The van der Waals surface area contributed by atoms with E-state index in [1.807, 2.05) is 0 Å². The highest BCUT2D eigenvalue weighted by molar-refractivity contribution is 6.06. The van der Waals surface area contributed by atoms with Crippen molar-refractivity contribution in [3.05, 3.63) is 53.6 Å². The third-order valence-electron chi connectivity index (χ3n) is 2.77. The fourth-order valence-corrected chi connectivity index (χ4v) is 1.83. The molecule has 0 spiro atoms. The second-order valence-electron chi connectivity index (χ2n) is 4.48. The molecule has 0 bridgehead atoms. The first kappa shape index (κ1) is 13.6. The fraction of sp³-hybridized carbons (Fsp3) is 0.0667. The Balaban J connectivity index is 2.23. The molecule has 0 saturated carbocycles. The Kier molecular flexibility index (Phi) is 3.70. The molecule has 5 N–H and O–H groups in total. The zero-order chi connectivity index (χ0) is 14.7. The number of anilines is 3. The number of amides is 1. The number of hydrogen-bond acceptors (Lipinski definition) is 4. The van der Waals surface area contributed by atoms with E-state index in [0.717, 1.165) is 0 Å². The van der Waals surface area contributed by atoms with Crippen LogP contribution in [0.1, 0.15) is 27.6 Å². The maximum Gasteiger partial charge on any atom is 0.255 e. The number of nitrogen functional groups attached to an aromatic ring is 2. The molecule has 0 aliphatic heterocycles. The number of Topliss-reactive ketones (excluding diaryl/α,β-unsaturated/α-hetero) is 1. The molecule has 0 heterocycles. The molecule has 0 aliphatic carbocycles. The molecule has 102 valence electrons. The number of carbonyl (C=O) groups is 2. The SMILES string of the molecule is CC(=O)c1cccc(NC(=O)c2cc(N)cc(N)c2)c1. The van der Waals surface area contributed by atoms with Crippen LogP contribution in [0.15, 0.2) is 42.5 Å². The van der Waals surface area contributed by atoms with Gasteiger partial charge in [0.05, 0.1) is 0 Å². The van der Waals surface area contributed by atoms with Crippen molar-refractivity contribution in [2.75, 3.05) is 16.8 Å². The molecule has 0 aromatic heterocycles. The van der Waals surface area contributed by atoms with E-state index in [9.17, 15) is 9.59 Å². The molecule has 2 aromatic carbocycles. The molecule has 5 nitrogen and oxygen atoms in total. The van der Waals surface area contributed by atoms with Gasteiger partial charge in [0.25, 0.3) is 5.91 Å². The first-order valence-corrected chi connectivity index (χ1v) is 6.04. The molecule has 0 saturated heterocycles. The van der Waals surface area contributed by atoms with Crippen LogP contribution in [0.5, 0.6) is 0 Å². The smallest absolute Gasteiger partial charge is 0.255 e. The summed E-state index contributed by atoms with van der Waals surface area (Å²) in [4.78, 5) is 23.4. The van der Waals surface area contributed by atoms with E-state index in [-0.39, 0.29) is 11.7 Å². The summed E-state index contributed by atoms with van der Waals surface area (Å²) >= 11 is 0. The van der Waals surface area contributed by atoms with Crippen molar-refractivity contribution in [1.82, 2.24) is 0 Å². The Hall–Kier alpha value is -2.82. The average molecular weight is 269 g/mol. The fourth-order valence-electron chi connectivity index (χ4n) is 1.83. The van der Waals surface area contributed by atoms with Gasteiger partial charge in [-0.3, -0.25) is 9.59 Å². The van der Waals surface area contributed by atoms with Gasteiger partial charge >= 0.3 is 0 Å². The summed E-state index contributed by atoms with van der Waals surface area (Å²) in [7, 11) is 0. The molecular weight excluding hydrogens is 254 g/mol. The Morgan fingerprint density at radius 1 is 0.950 bits per heavy atom. The van der Waals surface area contributed by atoms with E-state index in [1.54, 1.807) is 42.5 Å². The predicted molar refractivity (Wildman–Crippen MR) is 79.7 cm³/mol. The topological polar surface area (TPSA) is 98.2 Å². The number of nitrogens with two attached hydrogens (primary N) is 2. The molecule has 1 amide bonds. The summed E-state index contributed by atoms with van der Waals surface area (Å²) in [5, 5.41) is 2.71. The summed E-state index contributed by atoms with van der Waals surface area (Å²) in [5.74, 6) is -0.390. The van der Waals surface area contributed by atoms with Crippen LogP contribution in [-0.4, -0.2) is 11.7 Å². The molecule has 0 atom stereocenters. The van der Waals surface area contributed by atoms with Crippen LogP contribution in [0.4, 0.5) is 17.1 Å². The zero-order valence-corrected chi connectivity index (χ0v) is 11.0. The molecule has 0 fully saturated rings. The van der Waals surface area contributed by atoms with Crippen molar-refractivity contribution in [3.63, 3.8) is 0 Å². The normalized spacial score (nSPS) is 10.1. The van der Waals surface area contributed by atoms with E-state index in [1.165, 1.54) is 6.92 Å². The van der Waals surface area contributed by atoms with Crippen molar-refractivity contribution in [1.29, 1.82) is 0 Å². The first-order valence-electron chi connectivity index (χ1n) is 6.04. The van der Waals surface area contributed by atoms with E-state index in [4.69, 9.17) is 11.5 Å². The molecule has 2 rings (SSSR count). The van der Waals surface area contributed by atoms with Gasteiger partial charge in [-0.2, -0.15) is 0 Å². The molecule has 0 unspecified atom stereocenters. The minimum absolute atomic E-state index is 0.0608. The van der Waals surface area contributed by atoms with Gasteiger partial charge < -0.3 is 16.8 Å². The largest absolute Gasteiger partial charge is 0.399 e. The van der Waals surface area contributed by atoms with Gasteiger partial charge in [-0.15, -0.1) is 0 Å². The predicted octanol–water partition coefficient (Wildman–Crippen LogP) is 2.31. The Morgan fingerprint density at radius 3 is 2.20 bits per heavy atom. The monoisotopic (exact) mass is 269 g/mol. The van der Waals surface area contributed by atoms with Crippen LogP contribution in [-0.2, 0) is 0 Å². The van der Waals surface area contributed by atoms with Crippen molar-refractivity contribution >= 4 is 28.8 Å². The molecular formula is C15H15N3O2. The Morgan fingerprint density at radius 2 is 1.60 bits per heavy atom. The van der Waals surface area contributed by atoms with Gasteiger partial charge in [0.15, 0.2) is 5.78 Å². The third kappa shape index (κ3) is 3.14. The lowest BCUT2D eigenvalue weighted by Gasteiger charge is -2.08. The quantitative estimate of drug-likeness (QED) is 0.588. The summed E-state index contributed by atoms with van der Waals surface area (Å²) < 4.78 is 0. The van der Waals surface area contributed by atoms with E-state index in [0.29, 0.717) is 28.2 Å². The Bertz CT molecular complexity index is 660. The van der Waals surface area contributed by atoms with E-state index in [2.05, 4.69) is 5.32 Å². The van der Waals surface area contributed by atoms with Crippen LogP contribution < -0.4 is 16.8 Å². The highest BCUT2D eigenvalue weighted by Gasteiger charge is 2.08. The second kappa shape index (κ2) is 5.44. The lowest BCUT2D eigenvalue weighted by atomic mass is 10.1. The molecule has 20 heavy (non-hydrogen) atoms. The van der Waals surface area contributed by atoms with Crippen LogP contribution in [0.2, 0.25) is 0 Å². The van der Waals surface area contributed by atoms with Crippen molar-refractivity contribution in [2.45, 2.75) is 6.92 Å². The Labute approximate surface area is 116 Å². The minimum atomic E-state index is -0.329. The number of hydrogen-bond donors (Lipinski definition) is 3. The molecule has 0 aliphatic rings. The van der Waals surface area contributed by atoms with Crippen molar-refractivity contribution < 1.29 is 9.59 Å². The third-order valence-corrected chi connectivity index (χ3v) is 2.77. The number of ketones is 1. The number of benzene rings is 2. The van der Waals surface area contributed by atoms with Crippen LogP contribution in [0.3, 0.4) is 0 Å². The van der Waals surface area contributed by atoms with Gasteiger partial charge in [-0.1, -0.05) is 12.1 Å². The van der Waals surface area contributed by atoms with Crippen LogP contribution in [0.25, 0.3) is 0 Å². The number of carbonyl (C=O) groups excluding carboxylic acids is 2. The number of nitrogens with one attached hydrogen (secondary N) is 1. The minimum Gasteiger partial charge on any atom is -0.399 e. The molecule has 5 heteroatoms. The zero-order valence-electron chi connectivity index (χ0n) is 11.0. The summed E-state index contributed by atoms with van der Waals surface area (Å²) in [6.07, 6.45) is 0. The van der Waals surface area contributed by atoms with Crippen molar-refractivity contribution in [3.8, 4) is 0 Å². The van der Waals surface area contributed by atoms with Gasteiger partial charge in [-0.05, 0) is 37.3 Å². The van der Waals surface area contributed by atoms with Gasteiger partial charge in [0.2, 0.25) is 0 Å². The molecule has 2 aromatic rings. The number of rotatable bonds is 3. The first-order chi connectivity index (χ1) is 9.45. The maximum atomic E-state index is 12.1. The van der Waals surface area contributed by atoms with E-state index < -0.39 is 0 Å². The standard InChI is InChI=1S/C15H15N3O2/c1-9(19)10-3-2-4-14(7-10)18-15(20)11-5-12(16)8-13(17)6-11/h2-8H,16-17H2,1H3,(H,18,20). The molecule has 0 radical (unpaired) electrons. The van der Waals surface area contributed by atoms with Gasteiger partial charge in [0.1, 0.15) is 0 Å². The lowest BCUT2D eigenvalue weighted by Crippen LogP contribution is -2.13. The van der Waals surface area contributed by atoms with Gasteiger partial charge in [-0.25, -0.2) is 0 Å². The lowest BCUT2D eigenvalue weighted by molar-refractivity contribution is 0.101.